The molecule has 0 saturated carbocycles. The summed E-state index contributed by atoms with van der Waals surface area (Å²) in [4.78, 5) is 31.4. The van der Waals surface area contributed by atoms with Crippen molar-refractivity contribution >= 4 is 17.9 Å². The molecule has 0 aliphatic heterocycles. The monoisotopic (exact) mass is 432 g/mol. The van der Waals surface area contributed by atoms with Crippen molar-refractivity contribution in [1.29, 1.82) is 0 Å². The number of carbonyl (C=O) groups excluding carboxylic acids is 2. The lowest BCUT2D eigenvalue weighted by Gasteiger charge is -2.24. The molecule has 0 bridgehead atoms. The number of aliphatic hydroxyl groups is 3. The van der Waals surface area contributed by atoms with Gasteiger partial charge >= 0.3 is 17.9 Å². The van der Waals surface area contributed by atoms with E-state index in [9.17, 15) is 14.4 Å². The van der Waals surface area contributed by atoms with Gasteiger partial charge in [-0.25, -0.2) is 14.4 Å². The Bertz CT molecular complexity index is 543. The highest BCUT2D eigenvalue weighted by molar-refractivity contribution is 5.93. The molecule has 174 valence electrons. The van der Waals surface area contributed by atoms with Crippen LogP contribution in [0.4, 0.5) is 0 Å². The van der Waals surface area contributed by atoms with Gasteiger partial charge in [-0.15, -0.1) is 0 Å². The third-order valence-electron chi connectivity index (χ3n) is 3.71. The van der Waals surface area contributed by atoms with Gasteiger partial charge in [0, 0.05) is 17.1 Å². The summed E-state index contributed by atoms with van der Waals surface area (Å²) in [5, 5.41) is 34.2. The first-order valence-corrected chi connectivity index (χ1v) is 9.34. The number of aliphatic carboxylic acids is 1. The lowest BCUT2D eigenvalue weighted by Crippen LogP contribution is -2.32. The van der Waals surface area contributed by atoms with Crippen LogP contribution < -0.4 is 0 Å². The van der Waals surface area contributed by atoms with Crippen molar-refractivity contribution < 1.29 is 44.3 Å². The lowest BCUT2D eigenvalue weighted by atomic mass is 9.88. The molecule has 4 N–H and O–H groups in total. The Hall–Kier alpha value is -2.49. The van der Waals surface area contributed by atoms with Crippen molar-refractivity contribution in [3.8, 4) is 0 Å². The summed E-state index contributed by atoms with van der Waals surface area (Å²) >= 11 is 0. The van der Waals surface area contributed by atoms with E-state index < -0.39 is 17.4 Å². The largest absolute Gasteiger partial charge is 0.478 e. The van der Waals surface area contributed by atoms with E-state index >= 15 is 0 Å². The molecule has 0 unspecified atom stereocenters. The Labute approximate surface area is 178 Å². The molecule has 30 heavy (non-hydrogen) atoms. The molecule has 0 radical (unpaired) electrons. The number of esters is 2. The Morgan fingerprint density at radius 2 is 1.47 bits per heavy atom. The van der Waals surface area contributed by atoms with Crippen molar-refractivity contribution in [2.24, 2.45) is 5.41 Å². The zero-order valence-corrected chi connectivity index (χ0v) is 18.3. The number of carboxylic acid groups (broad SMARTS) is 1. The van der Waals surface area contributed by atoms with Crippen LogP contribution in [-0.4, -0.2) is 71.9 Å². The van der Waals surface area contributed by atoms with Crippen LogP contribution in [-0.2, 0) is 23.9 Å². The van der Waals surface area contributed by atoms with Crippen LogP contribution in [0.15, 0.2) is 36.5 Å². The first kappa shape index (κ1) is 32.2. The number of ether oxygens (including phenoxy) is 2. The highest BCUT2D eigenvalue weighted by atomic mass is 16.5. The molecular formula is C21H36O9. The molecule has 0 heterocycles. The highest BCUT2D eigenvalue weighted by Gasteiger charge is 2.24. The van der Waals surface area contributed by atoms with Gasteiger partial charge in [0.2, 0.25) is 0 Å². The maximum Gasteiger partial charge on any atom is 0.337 e. The maximum absolute atomic E-state index is 11.1. The van der Waals surface area contributed by atoms with E-state index in [-0.39, 0.29) is 31.4 Å². The molecule has 0 saturated heterocycles. The molecule has 0 rings (SSSR count). The number of unbranched alkanes of at least 4 members (excludes halogenated alkanes) is 1. The number of rotatable bonds is 11. The molecule has 9 nitrogen and oxygen atoms in total. The zero-order chi connectivity index (χ0) is 24.2. The van der Waals surface area contributed by atoms with Gasteiger partial charge in [-0.3, -0.25) is 0 Å². The second kappa shape index (κ2) is 19.8. The van der Waals surface area contributed by atoms with E-state index in [0.717, 1.165) is 25.0 Å². The van der Waals surface area contributed by atoms with Crippen LogP contribution in [0.5, 0.6) is 0 Å². The van der Waals surface area contributed by atoms with Gasteiger partial charge < -0.3 is 29.9 Å². The van der Waals surface area contributed by atoms with Crippen LogP contribution in [0.3, 0.4) is 0 Å². The van der Waals surface area contributed by atoms with E-state index in [1.165, 1.54) is 7.11 Å². The van der Waals surface area contributed by atoms with Crippen molar-refractivity contribution in [1.82, 2.24) is 0 Å². The summed E-state index contributed by atoms with van der Waals surface area (Å²) in [5.74, 6) is -2.04. The van der Waals surface area contributed by atoms with Gasteiger partial charge in [0.1, 0.15) is 0 Å². The number of hydrogen-bond donors (Lipinski definition) is 4. The fourth-order valence-electron chi connectivity index (χ4n) is 1.30. The summed E-state index contributed by atoms with van der Waals surface area (Å²) in [6.45, 7) is 12.0. The molecule has 0 aliphatic rings. The average molecular weight is 433 g/mol. The normalized spacial score (nSPS) is 10.1. The van der Waals surface area contributed by atoms with E-state index in [2.05, 4.69) is 17.9 Å². The van der Waals surface area contributed by atoms with Gasteiger partial charge in [0.15, 0.2) is 0 Å². The summed E-state index contributed by atoms with van der Waals surface area (Å²) in [6, 6.07) is 0. The molecule has 0 aromatic heterocycles. The van der Waals surface area contributed by atoms with Crippen LogP contribution in [0.2, 0.25) is 0 Å². The van der Waals surface area contributed by atoms with E-state index in [0.29, 0.717) is 18.6 Å². The van der Waals surface area contributed by atoms with Crippen molar-refractivity contribution in [2.75, 3.05) is 33.5 Å². The molecule has 0 aromatic rings. The van der Waals surface area contributed by atoms with Gasteiger partial charge in [0.25, 0.3) is 0 Å². The molecular weight excluding hydrogens is 396 g/mol. The topological polar surface area (TPSA) is 151 Å². The summed E-state index contributed by atoms with van der Waals surface area (Å²) in [7, 11) is 1.33. The molecule has 0 atom stereocenters. The van der Waals surface area contributed by atoms with Gasteiger partial charge in [0.05, 0.1) is 39.1 Å². The third-order valence-corrected chi connectivity index (χ3v) is 3.71. The average Bonchev–Trinajstić information content (AvgIpc) is 2.74. The SMILES string of the molecule is C=C(C)C(=O)OC.C=C(C=CC(=O)O)C(=O)OCCCC.CCC(CO)(CO)CO. The minimum Gasteiger partial charge on any atom is -0.478 e. The summed E-state index contributed by atoms with van der Waals surface area (Å²) < 4.78 is 9.07. The van der Waals surface area contributed by atoms with Crippen LogP contribution in [0.1, 0.15) is 40.0 Å². The summed E-state index contributed by atoms with van der Waals surface area (Å²) in [5.41, 5.74) is -0.189. The van der Waals surface area contributed by atoms with Crippen LogP contribution in [0.25, 0.3) is 0 Å². The van der Waals surface area contributed by atoms with Crippen LogP contribution in [0, 0.1) is 5.41 Å². The zero-order valence-electron chi connectivity index (χ0n) is 18.3. The quantitative estimate of drug-likeness (QED) is 0.165. The van der Waals surface area contributed by atoms with E-state index in [4.69, 9.17) is 25.2 Å². The van der Waals surface area contributed by atoms with Crippen molar-refractivity contribution in [3.63, 3.8) is 0 Å². The minimum atomic E-state index is -1.12. The Kier molecular flexibility index (Phi) is 21.3. The standard InChI is InChI=1S/C10H14O4.C6H14O3.C5H8O2/c1-3-4-7-14-10(13)8(2)5-6-9(11)12;1-2-6(3-7,4-8)5-9;1-4(2)5(6)7-3/h5-6H,2-4,7H2,1H3,(H,11,12);7-9H,2-5H2,1H3;1H2,2-3H3. The maximum atomic E-state index is 11.1. The number of carbonyl (C=O) groups is 3. The predicted octanol–water partition coefficient (Wildman–Crippen LogP) is 1.62. The first-order chi connectivity index (χ1) is 14.0. The van der Waals surface area contributed by atoms with Crippen LogP contribution >= 0.6 is 0 Å². The smallest absolute Gasteiger partial charge is 0.337 e. The third kappa shape index (κ3) is 17.6. The lowest BCUT2D eigenvalue weighted by molar-refractivity contribution is -0.138. The number of carboxylic acids is 1. The summed E-state index contributed by atoms with van der Waals surface area (Å²) in [6.07, 6.45) is 4.29. The molecule has 0 aliphatic carbocycles. The van der Waals surface area contributed by atoms with Gasteiger partial charge in [-0.05, 0) is 25.8 Å². The fraction of sp³-hybridized carbons (Fsp3) is 0.571. The number of hydrogen-bond acceptors (Lipinski definition) is 8. The van der Waals surface area contributed by atoms with Gasteiger partial charge in [-0.2, -0.15) is 0 Å². The second-order valence-electron chi connectivity index (χ2n) is 6.29. The number of aliphatic hydroxyl groups excluding tert-OH is 3. The predicted molar refractivity (Wildman–Crippen MR) is 113 cm³/mol. The minimum absolute atomic E-state index is 0.0449. The molecule has 0 fully saturated rings. The van der Waals surface area contributed by atoms with E-state index in [1.54, 1.807) is 6.92 Å². The first-order valence-electron chi connectivity index (χ1n) is 9.34. The van der Waals surface area contributed by atoms with E-state index in [1.807, 2.05) is 13.8 Å². The highest BCUT2D eigenvalue weighted by Crippen LogP contribution is 2.18. The molecule has 0 spiro atoms. The molecule has 0 aromatic carbocycles. The fourth-order valence-corrected chi connectivity index (χ4v) is 1.30. The number of methoxy groups -OCH3 is 1. The Balaban J connectivity index is -0.000000393. The van der Waals surface area contributed by atoms with Crippen molar-refractivity contribution in [2.45, 2.75) is 40.0 Å². The molecule has 0 amide bonds. The van der Waals surface area contributed by atoms with Gasteiger partial charge in [-0.1, -0.05) is 33.4 Å². The molecule has 9 heteroatoms. The van der Waals surface area contributed by atoms with Crippen molar-refractivity contribution in [3.05, 3.63) is 36.5 Å². The second-order valence-corrected chi connectivity index (χ2v) is 6.29. The Morgan fingerprint density at radius 1 is 0.967 bits per heavy atom. The Morgan fingerprint density at radius 3 is 1.70 bits per heavy atom.